The second kappa shape index (κ2) is 9.34. The van der Waals surface area contributed by atoms with Crippen molar-refractivity contribution in [1.29, 1.82) is 0 Å². The van der Waals surface area contributed by atoms with Gasteiger partial charge in [0.2, 0.25) is 0 Å². The van der Waals surface area contributed by atoms with Crippen molar-refractivity contribution in [2.45, 2.75) is 32.3 Å². The Bertz CT molecular complexity index is 423. The van der Waals surface area contributed by atoms with Gasteiger partial charge >= 0.3 is 0 Å². The van der Waals surface area contributed by atoms with Crippen molar-refractivity contribution in [3.63, 3.8) is 0 Å². The van der Waals surface area contributed by atoms with Crippen LogP contribution in [-0.2, 0) is 0 Å². The van der Waals surface area contributed by atoms with Crippen LogP contribution < -0.4 is 4.74 Å². The number of hydrogen-bond acceptors (Lipinski definition) is 3. The summed E-state index contributed by atoms with van der Waals surface area (Å²) in [5.41, 5.74) is 1.38. The fraction of sp³-hybridized carbons (Fsp3) is 0.412. The summed E-state index contributed by atoms with van der Waals surface area (Å²) in [6.07, 6.45) is 3.66. The maximum absolute atomic E-state index is 10.1. The summed E-state index contributed by atoms with van der Waals surface area (Å²) in [4.78, 5) is 0. The van der Waals surface area contributed by atoms with E-state index in [1.54, 1.807) is 6.08 Å². The lowest BCUT2D eigenvalue weighted by molar-refractivity contribution is 0.195. The molecule has 0 aliphatic rings. The van der Waals surface area contributed by atoms with E-state index in [0.717, 1.165) is 18.6 Å². The molecule has 1 aromatic carbocycles. The Hall–Kier alpha value is -1.58. The van der Waals surface area contributed by atoms with E-state index in [4.69, 9.17) is 9.84 Å². The Morgan fingerprint density at radius 2 is 2.05 bits per heavy atom. The van der Waals surface area contributed by atoms with Crippen molar-refractivity contribution < 1.29 is 14.9 Å². The lowest BCUT2D eigenvalue weighted by atomic mass is 9.98. The van der Waals surface area contributed by atoms with Crippen LogP contribution in [0, 0.1) is 0 Å². The highest BCUT2D eigenvalue weighted by atomic mass is 16.5. The number of ether oxygens (including phenoxy) is 1. The summed E-state index contributed by atoms with van der Waals surface area (Å²) < 4.78 is 5.62. The molecule has 0 aliphatic heterocycles. The van der Waals surface area contributed by atoms with E-state index < -0.39 is 6.10 Å². The van der Waals surface area contributed by atoms with Crippen molar-refractivity contribution in [3.8, 4) is 5.75 Å². The number of aliphatic hydroxyl groups excluding tert-OH is 2. The smallest absolute Gasteiger partial charge is 0.119 e. The Labute approximate surface area is 121 Å². The molecule has 0 saturated heterocycles. The van der Waals surface area contributed by atoms with Crippen molar-refractivity contribution in [2.75, 3.05) is 13.2 Å². The number of hydrogen-bond donors (Lipinski definition) is 2. The molecule has 0 aliphatic carbocycles. The molecule has 0 radical (unpaired) electrons. The topological polar surface area (TPSA) is 49.7 Å². The molecule has 0 fully saturated rings. The third-order valence-electron chi connectivity index (χ3n) is 3.07. The van der Waals surface area contributed by atoms with Crippen LogP contribution in [0.1, 0.15) is 26.2 Å². The number of benzene rings is 1. The van der Waals surface area contributed by atoms with Crippen molar-refractivity contribution >= 4 is 0 Å². The highest BCUT2D eigenvalue weighted by molar-refractivity contribution is 5.33. The van der Waals surface area contributed by atoms with Crippen molar-refractivity contribution in [3.05, 3.63) is 54.1 Å². The van der Waals surface area contributed by atoms with Crippen LogP contribution in [-0.4, -0.2) is 29.5 Å². The Balaban J connectivity index is 2.58. The van der Waals surface area contributed by atoms with E-state index in [1.807, 2.05) is 30.3 Å². The number of para-hydroxylation sites is 1. The molecule has 2 N–H and O–H groups in total. The molecule has 1 unspecified atom stereocenters. The van der Waals surface area contributed by atoms with Crippen LogP contribution >= 0.6 is 0 Å². The van der Waals surface area contributed by atoms with Crippen LogP contribution in [0.2, 0.25) is 0 Å². The third-order valence-corrected chi connectivity index (χ3v) is 3.07. The molecule has 1 rings (SSSR count). The molecule has 0 heterocycles. The fourth-order valence-electron chi connectivity index (χ4n) is 1.94. The first-order chi connectivity index (χ1) is 9.69. The zero-order valence-electron chi connectivity index (χ0n) is 12.1. The summed E-state index contributed by atoms with van der Waals surface area (Å²) in [5.74, 6) is 0.764. The standard InChI is InChI=1S/C17H24O3/c1-3-4-10-17(19)16(11-12-18)14(2)13-20-15-8-6-5-7-9-15/h5-9,11,17-19H,2-4,10,12-13H2,1H3/b16-11-. The Kier molecular flexibility index (Phi) is 7.70. The van der Waals surface area contributed by atoms with Gasteiger partial charge in [-0.25, -0.2) is 0 Å². The molecule has 110 valence electrons. The third kappa shape index (κ3) is 5.59. The van der Waals surface area contributed by atoms with E-state index >= 15 is 0 Å². The first-order valence-electron chi connectivity index (χ1n) is 7.04. The van der Waals surface area contributed by atoms with E-state index in [0.29, 0.717) is 24.2 Å². The summed E-state index contributed by atoms with van der Waals surface area (Å²) in [6.45, 7) is 6.23. The van der Waals surface area contributed by atoms with E-state index in [9.17, 15) is 5.11 Å². The molecular weight excluding hydrogens is 252 g/mol. The zero-order valence-corrected chi connectivity index (χ0v) is 12.1. The fourth-order valence-corrected chi connectivity index (χ4v) is 1.94. The first kappa shape index (κ1) is 16.5. The van der Waals surface area contributed by atoms with Crippen LogP contribution in [0.15, 0.2) is 54.1 Å². The van der Waals surface area contributed by atoms with Crippen molar-refractivity contribution in [2.24, 2.45) is 0 Å². The maximum Gasteiger partial charge on any atom is 0.119 e. The molecule has 1 atom stereocenters. The Morgan fingerprint density at radius 3 is 2.65 bits per heavy atom. The minimum atomic E-state index is -0.589. The van der Waals surface area contributed by atoms with Crippen LogP contribution in [0.3, 0.4) is 0 Å². The van der Waals surface area contributed by atoms with Crippen molar-refractivity contribution in [1.82, 2.24) is 0 Å². The molecule has 0 bridgehead atoms. The molecule has 1 aromatic rings. The summed E-state index contributed by atoms with van der Waals surface area (Å²) in [5, 5.41) is 19.2. The van der Waals surface area contributed by atoms with E-state index in [2.05, 4.69) is 13.5 Å². The van der Waals surface area contributed by atoms with Gasteiger partial charge in [-0.1, -0.05) is 50.6 Å². The second-order valence-corrected chi connectivity index (χ2v) is 4.71. The molecule has 3 nitrogen and oxygen atoms in total. The van der Waals surface area contributed by atoms with Gasteiger partial charge in [0.1, 0.15) is 12.4 Å². The van der Waals surface area contributed by atoms with Gasteiger partial charge in [-0.3, -0.25) is 0 Å². The minimum absolute atomic E-state index is 0.108. The highest BCUT2D eigenvalue weighted by Gasteiger charge is 2.13. The molecule has 20 heavy (non-hydrogen) atoms. The van der Waals surface area contributed by atoms with Crippen LogP contribution in [0.5, 0.6) is 5.75 Å². The summed E-state index contributed by atoms with van der Waals surface area (Å²) in [7, 11) is 0. The van der Waals surface area contributed by atoms with E-state index in [-0.39, 0.29) is 6.61 Å². The molecule has 0 amide bonds. The van der Waals surface area contributed by atoms with Gasteiger partial charge in [0.25, 0.3) is 0 Å². The summed E-state index contributed by atoms with van der Waals surface area (Å²) >= 11 is 0. The average molecular weight is 276 g/mol. The zero-order chi connectivity index (χ0) is 14.8. The normalized spacial score (nSPS) is 13.1. The summed E-state index contributed by atoms with van der Waals surface area (Å²) in [6, 6.07) is 9.47. The lowest BCUT2D eigenvalue weighted by Gasteiger charge is -2.17. The van der Waals surface area contributed by atoms with Gasteiger partial charge in [-0.05, 0) is 29.7 Å². The predicted molar refractivity (Wildman–Crippen MR) is 81.8 cm³/mol. The molecule has 3 heteroatoms. The number of unbranched alkanes of at least 4 members (excludes halogenated alkanes) is 1. The van der Waals surface area contributed by atoms with Gasteiger partial charge in [0, 0.05) is 0 Å². The quantitative estimate of drug-likeness (QED) is 0.681. The number of rotatable bonds is 9. The lowest BCUT2D eigenvalue weighted by Crippen LogP contribution is -2.16. The molecule has 0 spiro atoms. The van der Waals surface area contributed by atoms with Gasteiger partial charge < -0.3 is 14.9 Å². The maximum atomic E-state index is 10.1. The van der Waals surface area contributed by atoms with Gasteiger partial charge in [0.05, 0.1) is 12.7 Å². The van der Waals surface area contributed by atoms with Gasteiger partial charge in [0.15, 0.2) is 0 Å². The van der Waals surface area contributed by atoms with Gasteiger partial charge in [-0.2, -0.15) is 0 Å². The molecule has 0 aromatic heterocycles. The minimum Gasteiger partial charge on any atom is -0.489 e. The monoisotopic (exact) mass is 276 g/mol. The van der Waals surface area contributed by atoms with Gasteiger partial charge in [-0.15, -0.1) is 0 Å². The SMILES string of the molecule is C=C(COc1ccccc1)/C(=C/CO)C(O)CCCC. The highest BCUT2D eigenvalue weighted by Crippen LogP contribution is 2.19. The average Bonchev–Trinajstić information content (AvgIpc) is 2.49. The number of aliphatic hydroxyl groups is 2. The van der Waals surface area contributed by atoms with E-state index in [1.165, 1.54) is 0 Å². The first-order valence-corrected chi connectivity index (χ1v) is 7.04. The van der Waals surface area contributed by atoms with Crippen LogP contribution in [0.25, 0.3) is 0 Å². The molecular formula is C17H24O3. The predicted octanol–water partition coefficient (Wildman–Crippen LogP) is 3.09. The second-order valence-electron chi connectivity index (χ2n) is 4.71. The Morgan fingerprint density at radius 1 is 1.35 bits per heavy atom. The largest absolute Gasteiger partial charge is 0.489 e. The van der Waals surface area contributed by atoms with Crippen LogP contribution in [0.4, 0.5) is 0 Å². The molecule has 0 saturated carbocycles.